The van der Waals surface area contributed by atoms with Gasteiger partial charge < -0.3 is 4.90 Å². The quantitative estimate of drug-likeness (QED) is 0.431. The molecular formula is C25H23FN6O. The molecule has 3 aromatic heterocycles. The lowest BCUT2D eigenvalue weighted by Gasteiger charge is -2.38. The lowest BCUT2D eigenvalue weighted by atomic mass is 9.92. The zero-order valence-corrected chi connectivity index (χ0v) is 18.3. The number of pyridine rings is 1. The first kappa shape index (κ1) is 19.8. The van der Waals surface area contributed by atoms with Gasteiger partial charge in [0, 0.05) is 37.0 Å². The molecule has 2 aliphatic rings. The van der Waals surface area contributed by atoms with Gasteiger partial charge in [0.15, 0.2) is 11.5 Å². The lowest BCUT2D eigenvalue weighted by Crippen LogP contribution is -2.48. The molecule has 0 N–H and O–H groups in total. The van der Waals surface area contributed by atoms with Crippen molar-refractivity contribution in [3.63, 3.8) is 0 Å². The lowest BCUT2D eigenvalue weighted by molar-refractivity contribution is -0.133. The van der Waals surface area contributed by atoms with E-state index in [4.69, 9.17) is 5.10 Å². The van der Waals surface area contributed by atoms with Gasteiger partial charge in [-0.05, 0) is 43.5 Å². The Morgan fingerprint density at radius 1 is 1.15 bits per heavy atom. The zero-order valence-electron chi connectivity index (χ0n) is 18.3. The minimum Gasteiger partial charge on any atom is -0.335 e. The van der Waals surface area contributed by atoms with Crippen LogP contribution in [0.3, 0.4) is 0 Å². The number of carbonyl (C=O) groups is 1. The Morgan fingerprint density at radius 3 is 2.61 bits per heavy atom. The number of aryl methyl sites for hydroxylation is 1. The van der Waals surface area contributed by atoms with Crippen LogP contribution in [0.1, 0.15) is 36.1 Å². The largest absolute Gasteiger partial charge is 0.335 e. The number of rotatable bonds is 5. The van der Waals surface area contributed by atoms with Gasteiger partial charge in [-0.25, -0.2) is 14.1 Å². The number of amides is 1. The fourth-order valence-corrected chi connectivity index (χ4v) is 4.47. The Labute approximate surface area is 190 Å². The van der Waals surface area contributed by atoms with Crippen LogP contribution in [0.15, 0.2) is 61.3 Å². The van der Waals surface area contributed by atoms with E-state index >= 15 is 0 Å². The maximum absolute atomic E-state index is 13.3. The van der Waals surface area contributed by atoms with Gasteiger partial charge in [0.1, 0.15) is 0 Å². The van der Waals surface area contributed by atoms with Crippen LogP contribution in [0.5, 0.6) is 0 Å². The number of likely N-dealkylation sites (tertiary alicyclic amines) is 1. The Morgan fingerprint density at radius 2 is 1.91 bits per heavy atom. The summed E-state index contributed by atoms with van der Waals surface area (Å²) in [5.74, 6) is -1.60. The molecule has 0 radical (unpaired) electrons. The van der Waals surface area contributed by atoms with E-state index in [1.54, 1.807) is 6.20 Å². The third-order valence-electron chi connectivity index (χ3n) is 6.50. The Balaban J connectivity index is 1.48. The second-order valence-electron chi connectivity index (χ2n) is 8.94. The first-order valence-corrected chi connectivity index (χ1v) is 11.1. The summed E-state index contributed by atoms with van der Waals surface area (Å²) in [7, 11) is 0. The van der Waals surface area contributed by atoms with E-state index in [1.807, 2.05) is 52.8 Å². The molecule has 1 amide bonds. The van der Waals surface area contributed by atoms with E-state index in [9.17, 15) is 9.18 Å². The molecule has 166 valence electrons. The third-order valence-corrected chi connectivity index (χ3v) is 6.50. The average molecular weight is 442 g/mol. The van der Waals surface area contributed by atoms with Gasteiger partial charge in [-0.2, -0.15) is 10.2 Å². The number of fused-ring (bicyclic) bond motifs is 1. The monoisotopic (exact) mass is 442 g/mol. The van der Waals surface area contributed by atoms with Crippen LogP contribution in [-0.2, 0) is 4.79 Å². The summed E-state index contributed by atoms with van der Waals surface area (Å²) in [4.78, 5) is 18.1. The topological polar surface area (TPSA) is 68.8 Å². The van der Waals surface area contributed by atoms with Crippen LogP contribution in [0, 0.1) is 6.92 Å². The normalized spacial score (nSPS) is 16.2. The number of benzene rings is 1. The number of aromatic nitrogens is 5. The van der Waals surface area contributed by atoms with Crippen molar-refractivity contribution < 1.29 is 9.18 Å². The van der Waals surface area contributed by atoms with Crippen LogP contribution in [0.25, 0.3) is 27.8 Å². The molecule has 1 saturated carbocycles. The van der Waals surface area contributed by atoms with Gasteiger partial charge in [0.05, 0.1) is 29.0 Å². The van der Waals surface area contributed by atoms with E-state index in [1.165, 1.54) is 4.90 Å². The Kier molecular flexibility index (Phi) is 4.43. The van der Waals surface area contributed by atoms with Crippen molar-refractivity contribution in [2.45, 2.75) is 31.7 Å². The molecule has 1 aromatic carbocycles. The second-order valence-corrected chi connectivity index (χ2v) is 8.94. The van der Waals surface area contributed by atoms with E-state index in [0.29, 0.717) is 19.1 Å². The van der Waals surface area contributed by atoms with Gasteiger partial charge in [0.25, 0.3) is 5.91 Å². The van der Waals surface area contributed by atoms with Gasteiger partial charge in [-0.1, -0.05) is 24.3 Å². The molecule has 0 spiro atoms. The molecule has 33 heavy (non-hydrogen) atoms. The average Bonchev–Trinajstić information content (AvgIpc) is 3.39. The first-order valence-electron chi connectivity index (χ1n) is 11.1. The molecular weight excluding hydrogens is 419 g/mol. The SMILES string of the molecule is C=C(F)C(=O)N1CC(c2nn(-c3ccc(C)cc3)c3nccc(-c4cnn(C5CC5)c4)c23)C1. The molecule has 2 fully saturated rings. The Bertz CT molecular complexity index is 1390. The van der Waals surface area contributed by atoms with Gasteiger partial charge in [-0.15, -0.1) is 0 Å². The zero-order chi connectivity index (χ0) is 22.7. The summed E-state index contributed by atoms with van der Waals surface area (Å²) in [5, 5.41) is 10.5. The molecule has 4 heterocycles. The maximum atomic E-state index is 13.3. The molecule has 0 unspecified atom stereocenters. The van der Waals surface area contributed by atoms with E-state index in [2.05, 4.69) is 22.9 Å². The van der Waals surface area contributed by atoms with E-state index in [-0.39, 0.29) is 5.92 Å². The highest BCUT2D eigenvalue weighted by molar-refractivity contribution is 5.96. The summed E-state index contributed by atoms with van der Waals surface area (Å²) in [6.07, 6.45) is 8.10. The molecule has 0 bridgehead atoms. The van der Waals surface area contributed by atoms with Crippen LogP contribution in [0.2, 0.25) is 0 Å². The molecule has 1 aliphatic heterocycles. The first-order chi connectivity index (χ1) is 16.0. The molecule has 8 heteroatoms. The standard InChI is InChI=1S/C25H23FN6O/c1-15-3-5-20(6-4-15)32-24-22(23(29-32)18-12-30(13-18)25(33)16(2)26)21(9-10-27-24)17-11-28-31(14-17)19-7-8-19/h3-6,9-11,14,18-19H,2,7-8,12-13H2,1H3. The molecule has 4 aromatic rings. The van der Waals surface area contributed by atoms with Gasteiger partial charge in [0.2, 0.25) is 0 Å². The van der Waals surface area contributed by atoms with Crippen LogP contribution in [-0.4, -0.2) is 48.4 Å². The number of hydrogen-bond acceptors (Lipinski definition) is 4. The van der Waals surface area contributed by atoms with Crippen LogP contribution >= 0.6 is 0 Å². The fourth-order valence-electron chi connectivity index (χ4n) is 4.47. The molecule has 1 saturated heterocycles. The van der Waals surface area contributed by atoms with Crippen molar-refractivity contribution in [3.8, 4) is 16.8 Å². The number of hydrogen-bond donors (Lipinski definition) is 0. The highest BCUT2D eigenvalue weighted by atomic mass is 19.1. The smallest absolute Gasteiger partial charge is 0.282 e. The summed E-state index contributed by atoms with van der Waals surface area (Å²) in [5.41, 5.74) is 5.73. The summed E-state index contributed by atoms with van der Waals surface area (Å²) >= 11 is 0. The van der Waals surface area contributed by atoms with Gasteiger partial charge in [-0.3, -0.25) is 9.48 Å². The minimum atomic E-state index is -0.932. The van der Waals surface area contributed by atoms with Crippen LogP contribution in [0.4, 0.5) is 4.39 Å². The summed E-state index contributed by atoms with van der Waals surface area (Å²) in [6, 6.07) is 10.6. The van der Waals surface area contributed by atoms with Crippen molar-refractivity contribution in [2.24, 2.45) is 0 Å². The number of carbonyl (C=O) groups excluding carboxylic acids is 1. The minimum absolute atomic E-state index is 0.0103. The highest BCUT2D eigenvalue weighted by Gasteiger charge is 2.37. The maximum Gasteiger partial charge on any atom is 0.282 e. The van der Waals surface area contributed by atoms with Crippen molar-refractivity contribution in [3.05, 3.63) is 72.6 Å². The molecule has 6 rings (SSSR count). The third kappa shape index (κ3) is 3.33. The summed E-state index contributed by atoms with van der Waals surface area (Å²) < 4.78 is 17.2. The van der Waals surface area contributed by atoms with Crippen molar-refractivity contribution in [1.82, 2.24) is 29.4 Å². The molecule has 1 aliphatic carbocycles. The highest BCUT2D eigenvalue weighted by Crippen LogP contribution is 2.39. The molecule has 0 atom stereocenters. The summed E-state index contributed by atoms with van der Waals surface area (Å²) in [6.45, 7) is 5.98. The Hall–Kier alpha value is -3.81. The van der Waals surface area contributed by atoms with E-state index < -0.39 is 11.7 Å². The predicted octanol–water partition coefficient (Wildman–Crippen LogP) is 4.34. The van der Waals surface area contributed by atoms with Crippen LogP contribution < -0.4 is 0 Å². The molecule has 7 nitrogen and oxygen atoms in total. The van der Waals surface area contributed by atoms with Crippen molar-refractivity contribution in [1.29, 1.82) is 0 Å². The number of halogens is 1. The van der Waals surface area contributed by atoms with Gasteiger partial charge >= 0.3 is 0 Å². The number of nitrogens with zero attached hydrogens (tertiary/aromatic N) is 6. The van der Waals surface area contributed by atoms with Crippen molar-refractivity contribution >= 4 is 16.9 Å². The second kappa shape index (κ2) is 7.37. The van der Waals surface area contributed by atoms with E-state index in [0.717, 1.165) is 51.9 Å². The predicted molar refractivity (Wildman–Crippen MR) is 123 cm³/mol. The van der Waals surface area contributed by atoms with Crippen molar-refractivity contribution in [2.75, 3.05) is 13.1 Å². The fraction of sp³-hybridized carbons (Fsp3) is 0.280.